The molecular weight excluding hydrogens is 244 g/mol. The van der Waals surface area contributed by atoms with Gasteiger partial charge in [-0.25, -0.2) is 0 Å². The molecule has 2 rings (SSSR count). The van der Waals surface area contributed by atoms with Crippen molar-refractivity contribution in [1.82, 2.24) is 4.90 Å². The van der Waals surface area contributed by atoms with Crippen LogP contribution >= 0.6 is 0 Å². The fourth-order valence-corrected chi connectivity index (χ4v) is 3.16. The van der Waals surface area contributed by atoms with Crippen LogP contribution in [-0.2, 0) is 6.42 Å². The molecule has 1 heterocycles. The van der Waals surface area contributed by atoms with Gasteiger partial charge in [-0.3, -0.25) is 0 Å². The zero-order valence-corrected chi connectivity index (χ0v) is 13.4. The Kier molecular flexibility index (Phi) is 5.90. The summed E-state index contributed by atoms with van der Waals surface area (Å²) in [6.07, 6.45) is 8.02. The van der Waals surface area contributed by atoms with Gasteiger partial charge in [0.1, 0.15) is 0 Å². The van der Waals surface area contributed by atoms with E-state index in [2.05, 4.69) is 55.1 Å². The third kappa shape index (κ3) is 4.24. The van der Waals surface area contributed by atoms with Gasteiger partial charge < -0.3 is 9.80 Å². The molecule has 1 unspecified atom stereocenters. The van der Waals surface area contributed by atoms with Crippen molar-refractivity contribution >= 4 is 5.69 Å². The molecule has 0 N–H and O–H groups in total. The van der Waals surface area contributed by atoms with Crippen molar-refractivity contribution in [3.8, 4) is 0 Å². The smallest absolute Gasteiger partial charge is 0.0361 e. The molecule has 1 aromatic rings. The Balaban J connectivity index is 1.98. The molecule has 1 aliphatic rings. The summed E-state index contributed by atoms with van der Waals surface area (Å²) >= 11 is 0. The quantitative estimate of drug-likeness (QED) is 0.743. The molecule has 112 valence electrons. The van der Waals surface area contributed by atoms with E-state index in [1.807, 2.05) is 0 Å². The molecule has 20 heavy (non-hydrogen) atoms. The van der Waals surface area contributed by atoms with Crippen molar-refractivity contribution in [1.29, 1.82) is 0 Å². The second kappa shape index (κ2) is 7.68. The van der Waals surface area contributed by atoms with Crippen LogP contribution in [0.2, 0.25) is 0 Å². The van der Waals surface area contributed by atoms with Crippen molar-refractivity contribution in [3.05, 3.63) is 29.8 Å². The van der Waals surface area contributed by atoms with Gasteiger partial charge in [0, 0.05) is 25.8 Å². The van der Waals surface area contributed by atoms with Crippen molar-refractivity contribution in [2.75, 3.05) is 32.1 Å². The van der Waals surface area contributed by atoms with Gasteiger partial charge >= 0.3 is 0 Å². The maximum absolute atomic E-state index is 2.72. The minimum absolute atomic E-state index is 0.752. The Morgan fingerprint density at radius 1 is 1.10 bits per heavy atom. The molecule has 1 aliphatic heterocycles. The standard InChI is InChI=1S/C18H30N2/c1-4-5-8-18(20-13-6-7-14-20)15-16-9-11-17(12-10-16)19(2)3/h9-12,18H,4-8,13-15H2,1-3H3. The van der Waals surface area contributed by atoms with E-state index in [0.717, 1.165) is 6.04 Å². The van der Waals surface area contributed by atoms with E-state index in [1.54, 1.807) is 0 Å². The molecule has 0 radical (unpaired) electrons. The Bertz CT molecular complexity index is 377. The van der Waals surface area contributed by atoms with E-state index in [4.69, 9.17) is 0 Å². The Hall–Kier alpha value is -1.02. The van der Waals surface area contributed by atoms with Gasteiger partial charge in [-0.2, -0.15) is 0 Å². The lowest BCUT2D eigenvalue weighted by molar-refractivity contribution is 0.225. The molecular formula is C18H30N2. The van der Waals surface area contributed by atoms with Crippen LogP contribution in [0.1, 0.15) is 44.6 Å². The summed E-state index contributed by atoms with van der Waals surface area (Å²) < 4.78 is 0. The second-order valence-corrected chi connectivity index (χ2v) is 6.30. The van der Waals surface area contributed by atoms with Crippen molar-refractivity contribution in [2.45, 2.75) is 51.5 Å². The molecule has 1 saturated heterocycles. The minimum Gasteiger partial charge on any atom is -0.378 e. The Morgan fingerprint density at radius 2 is 1.75 bits per heavy atom. The number of anilines is 1. The number of rotatable bonds is 7. The van der Waals surface area contributed by atoms with Gasteiger partial charge in [0.2, 0.25) is 0 Å². The lowest BCUT2D eigenvalue weighted by atomic mass is 9.99. The molecule has 2 heteroatoms. The molecule has 1 atom stereocenters. The maximum atomic E-state index is 2.72. The SMILES string of the molecule is CCCCC(Cc1ccc(N(C)C)cc1)N1CCCC1. The van der Waals surface area contributed by atoms with Crippen LogP contribution in [0, 0.1) is 0 Å². The summed E-state index contributed by atoms with van der Waals surface area (Å²) in [6, 6.07) is 9.86. The highest BCUT2D eigenvalue weighted by Crippen LogP contribution is 2.21. The largest absolute Gasteiger partial charge is 0.378 e. The summed E-state index contributed by atoms with van der Waals surface area (Å²) in [6.45, 7) is 4.92. The van der Waals surface area contributed by atoms with Crippen LogP contribution in [0.4, 0.5) is 5.69 Å². The summed E-state index contributed by atoms with van der Waals surface area (Å²) in [5, 5.41) is 0. The van der Waals surface area contributed by atoms with E-state index in [-0.39, 0.29) is 0 Å². The molecule has 0 bridgehead atoms. The summed E-state index contributed by atoms with van der Waals surface area (Å²) in [7, 11) is 4.20. The van der Waals surface area contributed by atoms with E-state index in [0.29, 0.717) is 0 Å². The molecule has 0 saturated carbocycles. The fraction of sp³-hybridized carbons (Fsp3) is 0.667. The minimum atomic E-state index is 0.752. The average molecular weight is 274 g/mol. The average Bonchev–Trinajstić information content (AvgIpc) is 2.98. The number of nitrogens with zero attached hydrogens (tertiary/aromatic N) is 2. The molecule has 1 fully saturated rings. The normalized spacial score (nSPS) is 17.4. The van der Waals surface area contributed by atoms with Crippen LogP contribution in [0.25, 0.3) is 0 Å². The summed E-state index contributed by atoms with van der Waals surface area (Å²) in [4.78, 5) is 4.88. The van der Waals surface area contributed by atoms with E-state index in [1.165, 1.54) is 62.9 Å². The first kappa shape index (κ1) is 15.4. The van der Waals surface area contributed by atoms with E-state index < -0.39 is 0 Å². The summed E-state index contributed by atoms with van der Waals surface area (Å²) in [5.74, 6) is 0. The van der Waals surface area contributed by atoms with Crippen LogP contribution in [0.5, 0.6) is 0 Å². The highest BCUT2D eigenvalue weighted by molar-refractivity contribution is 5.46. The van der Waals surface area contributed by atoms with Crippen LogP contribution in [-0.4, -0.2) is 38.1 Å². The zero-order chi connectivity index (χ0) is 14.4. The molecule has 0 aromatic heterocycles. The van der Waals surface area contributed by atoms with Gasteiger partial charge in [-0.15, -0.1) is 0 Å². The third-order valence-corrected chi connectivity index (χ3v) is 4.47. The van der Waals surface area contributed by atoms with Gasteiger partial charge in [0.25, 0.3) is 0 Å². The number of unbranched alkanes of at least 4 members (excludes halogenated alkanes) is 1. The number of hydrogen-bond donors (Lipinski definition) is 0. The predicted octanol–water partition coefficient (Wildman–Crippen LogP) is 3.95. The summed E-state index contributed by atoms with van der Waals surface area (Å²) in [5.41, 5.74) is 2.78. The van der Waals surface area contributed by atoms with Crippen molar-refractivity contribution < 1.29 is 0 Å². The van der Waals surface area contributed by atoms with Gasteiger partial charge in [0.15, 0.2) is 0 Å². The van der Waals surface area contributed by atoms with Crippen LogP contribution < -0.4 is 4.90 Å². The first-order valence-corrected chi connectivity index (χ1v) is 8.21. The number of likely N-dealkylation sites (tertiary alicyclic amines) is 1. The van der Waals surface area contributed by atoms with Gasteiger partial charge in [-0.1, -0.05) is 31.9 Å². The highest BCUT2D eigenvalue weighted by Gasteiger charge is 2.21. The lowest BCUT2D eigenvalue weighted by Gasteiger charge is -2.28. The monoisotopic (exact) mass is 274 g/mol. The molecule has 0 spiro atoms. The maximum Gasteiger partial charge on any atom is 0.0361 e. The Labute approximate surface area is 124 Å². The third-order valence-electron chi connectivity index (χ3n) is 4.47. The topological polar surface area (TPSA) is 6.48 Å². The predicted molar refractivity (Wildman–Crippen MR) is 88.6 cm³/mol. The van der Waals surface area contributed by atoms with Crippen molar-refractivity contribution in [3.63, 3.8) is 0 Å². The van der Waals surface area contributed by atoms with E-state index in [9.17, 15) is 0 Å². The zero-order valence-electron chi connectivity index (χ0n) is 13.4. The lowest BCUT2D eigenvalue weighted by Crippen LogP contribution is -2.34. The van der Waals surface area contributed by atoms with Gasteiger partial charge in [-0.05, 0) is 56.5 Å². The molecule has 1 aromatic carbocycles. The second-order valence-electron chi connectivity index (χ2n) is 6.30. The first-order valence-electron chi connectivity index (χ1n) is 8.21. The molecule has 0 aliphatic carbocycles. The highest BCUT2D eigenvalue weighted by atomic mass is 15.2. The number of benzene rings is 1. The van der Waals surface area contributed by atoms with E-state index >= 15 is 0 Å². The molecule has 0 amide bonds. The van der Waals surface area contributed by atoms with Crippen LogP contribution in [0.3, 0.4) is 0 Å². The van der Waals surface area contributed by atoms with Crippen molar-refractivity contribution in [2.24, 2.45) is 0 Å². The first-order chi connectivity index (χ1) is 9.70. The number of hydrogen-bond acceptors (Lipinski definition) is 2. The van der Waals surface area contributed by atoms with Gasteiger partial charge in [0.05, 0.1) is 0 Å². The molecule has 2 nitrogen and oxygen atoms in total. The Morgan fingerprint density at radius 3 is 2.30 bits per heavy atom. The fourth-order valence-electron chi connectivity index (χ4n) is 3.16. The van der Waals surface area contributed by atoms with Crippen LogP contribution in [0.15, 0.2) is 24.3 Å².